The van der Waals surface area contributed by atoms with Crippen LogP contribution in [0.15, 0.2) is 24.3 Å². The summed E-state index contributed by atoms with van der Waals surface area (Å²) in [5, 5.41) is 11.5. The van der Waals surface area contributed by atoms with E-state index < -0.39 is 0 Å². The number of carbonyl (C=O) groups is 1. The zero-order valence-electron chi connectivity index (χ0n) is 11.5. The molecule has 1 aromatic carbocycles. The number of likely N-dealkylation sites (N-methyl/N-ethyl adjacent to an activating group) is 1. The highest BCUT2D eigenvalue weighted by molar-refractivity contribution is 5.92. The Balaban J connectivity index is 2.48. The highest BCUT2D eigenvalue weighted by atomic mass is 16.5. The van der Waals surface area contributed by atoms with Gasteiger partial charge in [-0.25, -0.2) is 0 Å². The second-order valence-corrected chi connectivity index (χ2v) is 4.51. The standard InChI is InChI=1S/C14H19N3O2/c1-11(8-15)9-17(2)10-14(18)16-12-5-4-6-13(7-12)19-3/h4-7,11H,9-10H2,1-3H3,(H,16,18)/t11-/m1/s1. The van der Waals surface area contributed by atoms with E-state index in [9.17, 15) is 4.79 Å². The van der Waals surface area contributed by atoms with Gasteiger partial charge >= 0.3 is 0 Å². The fraction of sp³-hybridized carbons (Fsp3) is 0.429. The number of ether oxygens (including phenoxy) is 1. The van der Waals surface area contributed by atoms with E-state index in [1.165, 1.54) is 0 Å². The van der Waals surface area contributed by atoms with Crippen molar-refractivity contribution in [1.29, 1.82) is 5.26 Å². The molecule has 0 unspecified atom stereocenters. The van der Waals surface area contributed by atoms with E-state index in [2.05, 4.69) is 11.4 Å². The van der Waals surface area contributed by atoms with Crippen LogP contribution in [-0.4, -0.2) is 38.1 Å². The third-order valence-corrected chi connectivity index (χ3v) is 2.57. The van der Waals surface area contributed by atoms with Crippen molar-refractivity contribution in [3.8, 4) is 11.8 Å². The van der Waals surface area contributed by atoms with E-state index in [1.54, 1.807) is 19.2 Å². The second kappa shape index (κ2) is 7.39. The van der Waals surface area contributed by atoms with Gasteiger partial charge in [-0.05, 0) is 26.1 Å². The Bertz CT molecular complexity index is 468. The first-order valence-electron chi connectivity index (χ1n) is 6.07. The Morgan fingerprint density at radius 2 is 2.32 bits per heavy atom. The highest BCUT2D eigenvalue weighted by Crippen LogP contribution is 2.16. The molecule has 0 fully saturated rings. The third-order valence-electron chi connectivity index (χ3n) is 2.57. The molecule has 1 atom stereocenters. The number of anilines is 1. The number of carbonyl (C=O) groups excluding carboxylic acids is 1. The van der Waals surface area contributed by atoms with Gasteiger partial charge in [0, 0.05) is 18.3 Å². The SMILES string of the molecule is COc1cccc(NC(=O)CN(C)C[C@H](C)C#N)c1. The summed E-state index contributed by atoms with van der Waals surface area (Å²) in [4.78, 5) is 13.6. The summed E-state index contributed by atoms with van der Waals surface area (Å²) in [6, 6.07) is 9.34. The van der Waals surface area contributed by atoms with Crippen LogP contribution in [0, 0.1) is 17.2 Å². The zero-order chi connectivity index (χ0) is 14.3. The van der Waals surface area contributed by atoms with E-state index in [0.29, 0.717) is 18.0 Å². The van der Waals surface area contributed by atoms with Crippen LogP contribution in [0.4, 0.5) is 5.69 Å². The molecule has 0 aromatic heterocycles. The largest absolute Gasteiger partial charge is 0.497 e. The van der Waals surface area contributed by atoms with Crippen LogP contribution in [0.25, 0.3) is 0 Å². The van der Waals surface area contributed by atoms with Crippen molar-refractivity contribution in [2.24, 2.45) is 5.92 Å². The lowest BCUT2D eigenvalue weighted by Crippen LogP contribution is -2.32. The smallest absolute Gasteiger partial charge is 0.238 e. The van der Waals surface area contributed by atoms with Crippen LogP contribution >= 0.6 is 0 Å². The van der Waals surface area contributed by atoms with Gasteiger partial charge in [0.2, 0.25) is 5.91 Å². The fourth-order valence-corrected chi connectivity index (χ4v) is 1.72. The Labute approximate surface area is 113 Å². The summed E-state index contributed by atoms with van der Waals surface area (Å²) in [5.41, 5.74) is 0.700. The quantitative estimate of drug-likeness (QED) is 0.847. The molecule has 0 radical (unpaired) electrons. The minimum atomic E-state index is -0.110. The number of nitriles is 1. The molecule has 0 saturated heterocycles. The van der Waals surface area contributed by atoms with Crippen molar-refractivity contribution in [3.05, 3.63) is 24.3 Å². The molecule has 0 bridgehead atoms. The van der Waals surface area contributed by atoms with Crippen molar-refractivity contribution < 1.29 is 9.53 Å². The van der Waals surface area contributed by atoms with Gasteiger partial charge < -0.3 is 10.1 Å². The van der Waals surface area contributed by atoms with Crippen molar-refractivity contribution in [3.63, 3.8) is 0 Å². The van der Waals surface area contributed by atoms with E-state index in [0.717, 1.165) is 0 Å². The Hall–Kier alpha value is -2.06. The first-order valence-corrected chi connectivity index (χ1v) is 6.07. The summed E-state index contributed by atoms with van der Waals surface area (Å²) in [6.07, 6.45) is 0. The lowest BCUT2D eigenvalue weighted by Gasteiger charge is -2.17. The first-order chi connectivity index (χ1) is 9.05. The Morgan fingerprint density at radius 3 is 2.95 bits per heavy atom. The van der Waals surface area contributed by atoms with Crippen molar-refractivity contribution in [1.82, 2.24) is 4.90 Å². The number of nitrogens with one attached hydrogen (secondary N) is 1. The summed E-state index contributed by atoms with van der Waals surface area (Å²) in [5.74, 6) is 0.500. The van der Waals surface area contributed by atoms with E-state index in [-0.39, 0.29) is 18.4 Å². The second-order valence-electron chi connectivity index (χ2n) is 4.51. The highest BCUT2D eigenvalue weighted by Gasteiger charge is 2.10. The molecule has 5 nitrogen and oxygen atoms in total. The summed E-state index contributed by atoms with van der Waals surface area (Å²) >= 11 is 0. The van der Waals surface area contributed by atoms with Gasteiger partial charge in [0.15, 0.2) is 0 Å². The third kappa shape index (κ3) is 5.40. The van der Waals surface area contributed by atoms with Gasteiger partial charge in [-0.3, -0.25) is 9.69 Å². The molecule has 102 valence electrons. The van der Waals surface area contributed by atoms with E-state index in [4.69, 9.17) is 10.00 Å². The average molecular weight is 261 g/mol. The molecule has 19 heavy (non-hydrogen) atoms. The minimum absolute atomic E-state index is 0.0883. The van der Waals surface area contributed by atoms with Crippen LogP contribution < -0.4 is 10.1 Å². The van der Waals surface area contributed by atoms with Crippen molar-refractivity contribution in [2.45, 2.75) is 6.92 Å². The predicted molar refractivity (Wildman–Crippen MR) is 73.9 cm³/mol. The topological polar surface area (TPSA) is 65.4 Å². The molecular formula is C14H19N3O2. The molecule has 1 amide bonds. The number of rotatable bonds is 6. The molecule has 0 saturated carbocycles. The lowest BCUT2D eigenvalue weighted by molar-refractivity contribution is -0.117. The molecule has 0 aliphatic heterocycles. The van der Waals surface area contributed by atoms with E-state index >= 15 is 0 Å². The van der Waals surface area contributed by atoms with Gasteiger partial charge in [-0.15, -0.1) is 0 Å². The normalized spacial score (nSPS) is 11.7. The van der Waals surface area contributed by atoms with E-state index in [1.807, 2.05) is 31.0 Å². The van der Waals surface area contributed by atoms with Crippen molar-refractivity contribution >= 4 is 11.6 Å². The average Bonchev–Trinajstić information content (AvgIpc) is 2.38. The molecule has 0 aliphatic rings. The molecule has 1 rings (SSSR count). The van der Waals surface area contributed by atoms with Crippen LogP contribution in [-0.2, 0) is 4.79 Å². The first kappa shape index (κ1) is 15.0. The molecular weight excluding hydrogens is 242 g/mol. The maximum absolute atomic E-state index is 11.8. The van der Waals surface area contributed by atoms with Crippen LogP contribution in [0.3, 0.4) is 0 Å². The Morgan fingerprint density at radius 1 is 1.58 bits per heavy atom. The Kier molecular flexibility index (Phi) is 5.83. The number of benzene rings is 1. The van der Waals surface area contributed by atoms with Gasteiger partial charge in [-0.2, -0.15) is 5.26 Å². The maximum atomic E-state index is 11.8. The molecule has 0 aliphatic carbocycles. The van der Waals surface area contributed by atoms with Crippen LogP contribution in [0.1, 0.15) is 6.92 Å². The number of hydrogen-bond donors (Lipinski definition) is 1. The van der Waals surface area contributed by atoms with Crippen LogP contribution in [0.5, 0.6) is 5.75 Å². The zero-order valence-corrected chi connectivity index (χ0v) is 11.5. The maximum Gasteiger partial charge on any atom is 0.238 e. The molecule has 1 N–H and O–H groups in total. The number of nitrogens with zero attached hydrogens (tertiary/aromatic N) is 2. The number of hydrogen-bond acceptors (Lipinski definition) is 4. The van der Waals surface area contributed by atoms with Gasteiger partial charge in [0.1, 0.15) is 5.75 Å². The predicted octanol–water partition coefficient (Wildman–Crippen LogP) is 1.73. The summed E-state index contributed by atoms with van der Waals surface area (Å²) < 4.78 is 5.09. The van der Waals surface area contributed by atoms with Crippen molar-refractivity contribution in [2.75, 3.05) is 32.6 Å². The molecule has 1 aromatic rings. The molecule has 0 spiro atoms. The number of methoxy groups -OCH3 is 1. The minimum Gasteiger partial charge on any atom is -0.497 e. The lowest BCUT2D eigenvalue weighted by atomic mass is 10.2. The summed E-state index contributed by atoms with van der Waals surface area (Å²) in [7, 11) is 3.40. The van der Waals surface area contributed by atoms with Gasteiger partial charge in [0.25, 0.3) is 0 Å². The van der Waals surface area contributed by atoms with Gasteiger partial charge in [0.05, 0.1) is 25.6 Å². The van der Waals surface area contributed by atoms with Crippen LogP contribution in [0.2, 0.25) is 0 Å². The number of amides is 1. The van der Waals surface area contributed by atoms with Gasteiger partial charge in [-0.1, -0.05) is 6.07 Å². The monoisotopic (exact) mass is 261 g/mol. The summed E-state index contributed by atoms with van der Waals surface area (Å²) in [6.45, 7) is 2.65. The molecule has 0 heterocycles. The fourth-order valence-electron chi connectivity index (χ4n) is 1.72. The molecule has 5 heteroatoms.